The number of carbonyl (C=O) groups is 3. The highest BCUT2D eigenvalue weighted by Crippen LogP contribution is 2.11. The van der Waals surface area contributed by atoms with E-state index in [-0.39, 0.29) is 42.9 Å². The number of nitrogens with two attached hydrogens (primary N) is 1. The Kier molecular flexibility index (Phi) is 11.6. The fourth-order valence-corrected chi connectivity index (χ4v) is 3.96. The van der Waals surface area contributed by atoms with E-state index in [1.54, 1.807) is 12.1 Å². The predicted octanol–water partition coefficient (Wildman–Crippen LogP) is 0.861. The molecule has 37 heavy (non-hydrogen) atoms. The molecule has 1 unspecified atom stereocenters. The number of phenols is 1. The second-order valence-electron chi connectivity index (χ2n) is 8.87. The van der Waals surface area contributed by atoms with Crippen molar-refractivity contribution >= 4 is 36.1 Å². The van der Waals surface area contributed by atoms with Gasteiger partial charge in [0.15, 0.2) is 5.78 Å². The van der Waals surface area contributed by atoms with Crippen LogP contribution in [0.3, 0.4) is 0 Å². The van der Waals surface area contributed by atoms with Crippen molar-refractivity contribution in [2.45, 2.75) is 31.5 Å². The lowest BCUT2D eigenvalue weighted by Gasteiger charge is -2.34. The van der Waals surface area contributed by atoms with E-state index >= 15 is 0 Å². The third-order valence-electron chi connectivity index (χ3n) is 6.06. The number of ketones is 1. The standard InChI is InChI=1S/C27H35N5O4.ClH/c1-19(31-27(36)23(28)16-21-9-11-22(33)12-10-21)26(35)30-18-25(34)24-17-29-13-15-32(24)14-5-8-20-6-3-2-4-7-20;/h2-12,19,23-24,29,33H,13-18,28H2,1H3,(H,30,35)(H,31,36);1H/t19-,23-,24?;/m0./s1/i/hD. The van der Waals surface area contributed by atoms with Crippen LogP contribution in [0.15, 0.2) is 60.7 Å². The molecule has 2 aromatic carbocycles. The van der Waals surface area contributed by atoms with Crippen molar-refractivity contribution in [3.8, 4) is 5.75 Å². The molecule has 3 rings (SSSR count). The fourth-order valence-electron chi connectivity index (χ4n) is 3.96. The van der Waals surface area contributed by atoms with Crippen LogP contribution >= 0.6 is 12.4 Å². The van der Waals surface area contributed by atoms with Gasteiger partial charge in [0.25, 0.3) is 0 Å². The average molecular weight is 531 g/mol. The number of rotatable bonds is 12. The molecule has 0 saturated carbocycles. The summed E-state index contributed by atoms with van der Waals surface area (Å²) in [6, 6.07) is 14.2. The first-order valence-electron chi connectivity index (χ1n) is 12.6. The largest absolute Gasteiger partial charge is 0.508 e. The maximum atomic E-state index is 12.9. The Morgan fingerprint density at radius 1 is 1.19 bits per heavy atom. The number of benzene rings is 2. The van der Waals surface area contributed by atoms with Crippen LogP contribution in [0.2, 0.25) is 1.41 Å². The van der Waals surface area contributed by atoms with Gasteiger partial charge in [-0.1, -0.05) is 54.6 Å². The van der Waals surface area contributed by atoms with Gasteiger partial charge in [0, 0.05) is 26.2 Å². The van der Waals surface area contributed by atoms with Gasteiger partial charge in [-0.05, 0) is 36.6 Å². The Balaban J connectivity index is 0.00000507. The number of nitrogens with zero attached hydrogens (tertiary/aromatic N) is 1. The first-order valence-corrected chi connectivity index (χ1v) is 12.1. The summed E-state index contributed by atoms with van der Waals surface area (Å²) in [5.74, 6) is -0.983. The van der Waals surface area contributed by atoms with E-state index in [2.05, 4.69) is 26.6 Å². The van der Waals surface area contributed by atoms with E-state index in [0.717, 1.165) is 24.2 Å². The summed E-state index contributed by atoms with van der Waals surface area (Å²) in [5.41, 5.74) is 4.05. The molecule has 10 heteroatoms. The number of phenolic OH excluding ortho intramolecular Hbond substituents is 1. The van der Waals surface area contributed by atoms with Gasteiger partial charge in [0.05, 0.1) is 18.6 Å². The zero-order valence-corrected chi connectivity index (χ0v) is 21.7. The number of hydrogen-bond acceptors (Lipinski definition) is 7. The van der Waals surface area contributed by atoms with Crippen molar-refractivity contribution in [2.75, 3.05) is 32.7 Å². The van der Waals surface area contributed by atoms with Crippen molar-refractivity contribution < 1.29 is 20.9 Å². The molecule has 1 aliphatic heterocycles. The first kappa shape index (κ1) is 28.3. The second kappa shape index (κ2) is 15.1. The highest BCUT2D eigenvalue weighted by Gasteiger charge is 2.28. The quantitative estimate of drug-likeness (QED) is 0.274. The average Bonchev–Trinajstić information content (AvgIpc) is 2.92. The molecule has 0 aliphatic carbocycles. The van der Waals surface area contributed by atoms with Crippen LogP contribution in [-0.4, -0.2) is 78.5 Å². The van der Waals surface area contributed by atoms with Gasteiger partial charge in [0.2, 0.25) is 11.8 Å². The molecule has 0 aromatic heterocycles. The Bertz CT molecular complexity index is 1070. The molecule has 0 bridgehead atoms. The molecule has 0 spiro atoms. The highest BCUT2D eigenvalue weighted by atomic mass is 35.5. The molecule has 3 atom stereocenters. The molecule has 1 saturated heterocycles. The smallest absolute Gasteiger partial charge is 0.242 e. The summed E-state index contributed by atoms with van der Waals surface area (Å²) in [4.78, 5) is 40.1. The zero-order valence-electron chi connectivity index (χ0n) is 21.9. The minimum atomic E-state index is -0.884. The van der Waals surface area contributed by atoms with Gasteiger partial charge < -0.3 is 26.8 Å². The number of Topliss-reactive ketones (excluding diaryl/α,β-unsaturated/α-hetero) is 1. The SMILES string of the molecule is Cl.[2H]N[C@@H](Cc1ccc(O)cc1)C(=O)N[C@@H](C)C(=O)NCC(=O)C1CNCCN1CC=Cc1ccccc1. The first-order chi connectivity index (χ1) is 17.9. The monoisotopic (exact) mass is 530 g/mol. The van der Waals surface area contributed by atoms with Crippen LogP contribution in [0, 0.1) is 0 Å². The van der Waals surface area contributed by atoms with Gasteiger partial charge >= 0.3 is 0 Å². The summed E-state index contributed by atoms with van der Waals surface area (Å²) in [6.45, 7) is 4.02. The van der Waals surface area contributed by atoms with E-state index in [0.29, 0.717) is 13.1 Å². The van der Waals surface area contributed by atoms with Crippen LogP contribution in [-0.2, 0) is 20.8 Å². The second-order valence-corrected chi connectivity index (χ2v) is 8.87. The number of amides is 2. The van der Waals surface area contributed by atoms with Crippen LogP contribution in [0.4, 0.5) is 0 Å². The molecule has 1 heterocycles. The number of aromatic hydroxyl groups is 1. The maximum absolute atomic E-state index is 12.9. The number of halogens is 1. The molecule has 1 fully saturated rings. The topological polar surface area (TPSA) is 137 Å². The third-order valence-corrected chi connectivity index (χ3v) is 6.06. The molecule has 2 aromatic rings. The molecule has 200 valence electrons. The molecule has 9 nitrogen and oxygen atoms in total. The number of carbonyl (C=O) groups excluding carboxylic acids is 3. The van der Waals surface area contributed by atoms with Gasteiger partial charge in [-0.25, -0.2) is 0 Å². The van der Waals surface area contributed by atoms with E-state index in [9.17, 15) is 19.5 Å². The van der Waals surface area contributed by atoms with Gasteiger partial charge in [-0.15, -0.1) is 12.4 Å². The Morgan fingerprint density at radius 3 is 2.62 bits per heavy atom. The van der Waals surface area contributed by atoms with Crippen LogP contribution in [0.5, 0.6) is 5.75 Å². The molecule has 1 aliphatic rings. The van der Waals surface area contributed by atoms with Crippen molar-refractivity contribution in [1.82, 2.24) is 20.9 Å². The van der Waals surface area contributed by atoms with Crippen molar-refractivity contribution in [1.29, 1.82) is 0 Å². The number of nitrogens with one attached hydrogen (secondary N) is 3. The highest BCUT2D eigenvalue weighted by molar-refractivity contribution is 5.93. The number of piperazine rings is 1. The maximum Gasteiger partial charge on any atom is 0.242 e. The summed E-state index contributed by atoms with van der Waals surface area (Å²) in [5, 5.41) is 17.9. The van der Waals surface area contributed by atoms with E-state index in [1.165, 1.54) is 19.1 Å². The molecule has 6 N–H and O–H groups in total. The van der Waals surface area contributed by atoms with Crippen molar-refractivity contribution in [2.24, 2.45) is 5.73 Å². The van der Waals surface area contributed by atoms with E-state index in [4.69, 9.17) is 1.41 Å². The van der Waals surface area contributed by atoms with E-state index in [1.807, 2.05) is 42.5 Å². The van der Waals surface area contributed by atoms with Gasteiger partial charge in [-0.3, -0.25) is 19.3 Å². The minimum Gasteiger partial charge on any atom is -0.508 e. The third kappa shape index (κ3) is 9.62. The summed E-state index contributed by atoms with van der Waals surface area (Å²) < 4.78 is 7.48. The van der Waals surface area contributed by atoms with Crippen LogP contribution in [0.25, 0.3) is 6.08 Å². The normalized spacial score (nSPS) is 17.8. The lowest BCUT2D eigenvalue weighted by molar-refractivity contribution is -0.131. The summed E-state index contributed by atoms with van der Waals surface area (Å²) in [7, 11) is 0. The Morgan fingerprint density at radius 2 is 1.92 bits per heavy atom. The molecule has 2 amide bonds. The van der Waals surface area contributed by atoms with Crippen LogP contribution in [0.1, 0.15) is 18.1 Å². The number of hydrogen-bond donors (Lipinski definition) is 5. The van der Waals surface area contributed by atoms with Gasteiger partial charge in [-0.2, -0.15) is 0 Å². The van der Waals surface area contributed by atoms with Gasteiger partial charge in [0.1, 0.15) is 13.2 Å². The Hall–Kier alpha value is -3.24. The van der Waals surface area contributed by atoms with E-state index < -0.39 is 23.9 Å². The van der Waals surface area contributed by atoms with Crippen molar-refractivity contribution in [3.05, 3.63) is 71.8 Å². The molecular formula is C27H36ClN5O4. The lowest BCUT2D eigenvalue weighted by Crippen LogP contribution is -2.57. The lowest BCUT2D eigenvalue weighted by atomic mass is 10.1. The summed E-state index contributed by atoms with van der Waals surface area (Å²) >= 11 is 0. The molecular weight excluding hydrogens is 494 g/mol. The fraction of sp³-hybridized carbons (Fsp3) is 0.370. The Labute approximate surface area is 225 Å². The zero-order chi connectivity index (χ0) is 26.6. The minimum absolute atomic E-state index is 0. The van der Waals surface area contributed by atoms with Crippen LogP contribution < -0.4 is 21.7 Å². The molecule has 0 radical (unpaired) electrons. The van der Waals surface area contributed by atoms with Crippen molar-refractivity contribution in [3.63, 3.8) is 0 Å². The predicted molar refractivity (Wildman–Crippen MR) is 146 cm³/mol. The summed E-state index contributed by atoms with van der Waals surface area (Å²) in [6.07, 6.45) is 4.27.